The lowest BCUT2D eigenvalue weighted by Gasteiger charge is -2.17. The van der Waals surface area contributed by atoms with Gasteiger partial charge in [0.2, 0.25) is 0 Å². The van der Waals surface area contributed by atoms with Gasteiger partial charge >= 0.3 is 0 Å². The summed E-state index contributed by atoms with van der Waals surface area (Å²) in [6.45, 7) is 0. The highest BCUT2D eigenvalue weighted by atomic mass is 35.7. The van der Waals surface area contributed by atoms with Gasteiger partial charge in [-0.25, -0.2) is 23.2 Å². The SMILES string of the molecule is C[n+]1ccc(-c2nnc(-c3ccccc3)s2)cc1.[O-][Cl+3]([O-])([O-])[O-]. The summed E-state index contributed by atoms with van der Waals surface area (Å²) in [5.74, 6) is 0. The summed E-state index contributed by atoms with van der Waals surface area (Å²) in [5.41, 5.74) is 2.22. The minimum Gasteiger partial charge on any atom is -0.222 e. The first-order valence-electron chi connectivity index (χ1n) is 6.29. The summed E-state index contributed by atoms with van der Waals surface area (Å²) in [6, 6.07) is 14.2. The van der Waals surface area contributed by atoms with Crippen LogP contribution in [-0.2, 0) is 7.05 Å². The van der Waals surface area contributed by atoms with Crippen molar-refractivity contribution < 1.29 is 33.4 Å². The van der Waals surface area contributed by atoms with E-state index < -0.39 is 10.2 Å². The molecule has 7 nitrogen and oxygen atoms in total. The van der Waals surface area contributed by atoms with Gasteiger partial charge in [0.05, 0.1) is 0 Å². The van der Waals surface area contributed by atoms with Crippen molar-refractivity contribution in [2.75, 3.05) is 0 Å². The third-order valence-corrected chi connectivity index (χ3v) is 3.69. The molecule has 0 N–H and O–H groups in total. The van der Waals surface area contributed by atoms with Crippen molar-refractivity contribution in [1.29, 1.82) is 0 Å². The fraction of sp³-hybridized carbons (Fsp3) is 0.0714. The van der Waals surface area contributed by atoms with E-state index >= 15 is 0 Å². The molecule has 3 rings (SSSR count). The van der Waals surface area contributed by atoms with Crippen LogP contribution in [0.5, 0.6) is 0 Å². The van der Waals surface area contributed by atoms with Gasteiger partial charge in [-0.3, -0.25) is 0 Å². The molecule has 120 valence electrons. The van der Waals surface area contributed by atoms with E-state index in [4.69, 9.17) is 18.6 Å². The van der Waals surface area contributed by atoms with Gasteiger partial charge in [0.15, 0.2) is 12.4 Å². The molecule has 0 saturated carbocycles. The van der Waals surface area contributed by atoms with E-state index in [2.05, 4.69) is 34.5 Å². The lowest BCUT2D eigenvalue weighted by Crippen LogP contribution is -2.68. The molecule has 0 radical (unpaired) electrons. The molecule has 23 heavy (non-hydrogen) atoms. The van der Waals surface area contributed by atoms with Crippen LogP contribution in [0.1, 0.15) is 0 Å². The highest BCUT2D eigenvalue weighted by molar-refractivity contribution is 7.17. The Morgan fingerprint density at radius 2 is 1.26 bits per heavy atom. The van der Waals surface area contributed by atoms with E-state index in [1.807, 2.05) is 42.2 Å². The van der Waals surface area contributed by atoms with E-state index in [0.29, 0.717) is 0 Å². The number of aryl methyl sites for hydroxylation is 1. The van der Waals surface area contributed by atoms with E-state index in [1.54, 1.807) is 11.3 Å². The van der Waals surface area contributed by atoms with Crippen molar-refractivity contribution in [3.05, 3.63) is 54.9 Å². The zero-order chi connectivity index (χ0) is 16.9. The predicted molar refractivity (Wildman–Crippen MR) is 72.0 cm³/mol. The van der Waals surface area contributed by atoms with E-state index in [-0.39, 0.29) is 0 Å². The van der Waals surface area contributed by atoms with Crippen molar-refractivity contribution in [2.45, 2.75) is 0 Å². The fourth-order valence-electron chi connectivity index (χ4n) is 1.68. The first-order valence-corrected chi connectivity index (χ1v) is 8.34. The fourth-order valence-corrected chi connectivity index (χ4v) is 2.54. The van der Waals surface area contributed by atoms with Gasteiger partial charge in [-0.2, -0.15) is 0 Å². The largest absolute Gasteiger partial charge is 0.222 e. The third-order valence-electron chi connectivity index (χ3n) is 2.67. The molecule has 0 amide bonds. The molecule has 0 fully saturated rings. The molecule has 0 aliphatic heterocycles. The second kappa shape index (κ2) is 7.55. The third kappa shape index (κ3) is 5.99. The summed E-state index contributed by atoms with van der Waals surface area (Å²) >= 11 is 1.61. The van der Waals surface area contributed by atoms with Gasteiger partial charge in [-0.15, -0.1) is 20.4 Å². The van der Waals surface area contributed by atoms with Crippen molar-refractivity contribution in [1.82, 2.24) is 10.2 Å². The van der Waals surface area contributed by atoms with Crippen LogP contribution in [0.2, 0.25) is 0 Å². The standard InChI is InChI=1S/C14H12N3S.ClHO4/c1-17-9-7-12(8-10-17)14-16-15-13(18-14)11-5-3-2-4-6-11;2-1(3,4)5/h2-10H,1H3;(H,2,3,4,5)/q+1;/p-1. The van der Waals surface area contributed by atoms with Crippen LogP contribution in [-0.4, -0.2) is 10.2 Å². The molecule has 0 saturated heterocycles. The van der Waals surface area contributed by atoms with Crippen LogP contribution in [0.15, 0.2) is 54.9 Å². The van der Waals surface area contributed by atoms with E-state index in [0.717, 1.165) is 21.1 Å². The van der Waals surface area contributed by atoms with Gasteiger partial charge in [-0.1, -0.05) is 41.7 Å². The Balaban J connectivity index is 0.000000338. The molecule has 0 aliphatic carbocycles. The van der Waals surface area contributed by atoms with Crippen LogP contribution in [0, 0.1) is 10.2 Å². The molecule has 2 heterocycles. The average Bonchev–Trinajstić information content (AvgIpc) is 2.97. The minimum absolute atomic E-state index is 0.953. The normalized spacial score (nSPS) is 10.8. The molecule has 0 bridgehead atoms. The Morgan fingerprint density at radius 1 is 0.826 bits per heavy atom. The lowest BCUT2D eigenvalue weighted by molar-refractivity contribution is -2.00. The van der Waals surface area contributed by atoms with E-state index in [9.17, 15) is 0 Å². The molecule has 2 aromatic heterocycles. The number of rotatable bonds is 2. The Kier molecular flexibility index (Phi) is 5.72. The van der Waals surface area contributed by atoms with Gasteiger partial charge in [0.1, 0.15) is 17.1 Å². The maximum atomic E-state index is 8.49. The van der Waals surface area contributed by atoms with E-state index in [1.165, 1.54) is 0 Å². The van der Waals surface area contributed by atoms with Crippen LogP contribution in [0.4, 0.5) is 0 Å². The zero-order valence-corrected chi connectivity index (χ0v) is 13.5. The zero-order valence-electron chi connectivity index (χ0n) is 12.0. The second-order valence-corrected chi connectivity index (χ2v) is 6.14. The smallest absolute Gasteiger partial charge is 0.169 e. The van der Waals surface area contributed by atoms with Crippen LogP contribution >= 0.6 is 11.3 Å². The number of nitrogens with zero attached hydrogens (tertiary/aromatic N) is 3. The predicted octanol–water partition coefficient (Wildman–Crippen LogP) is -2.06. The number of hydrogen-bond donors (Lipinski definition) is 0. The molecule has 3 aromatic rings. The Hall–Kier alpha value is -1.94. The maximum absolute atomic E-state index is 8.49. The van der Waals surface area contributed by atoms with Gasteiger partial charge in [0, 0.05) is 23.3 Å². The first-order chi connectivity index (χ1) is 10.8. The Labute approximate surface area is 138 Å². The number of pyridine rings is 1. The highest BCUT2D eigenvalue weighted by Crippen LogP contribution is 2.28. The van der Waals surface area contributed by atoms with Crippen LogP contribution < -0.4 is 23.2 Å². The summed E-state index contributed by atoms with van der Waals surface area (Å²) in [4.78, 5) is 0. The maximum Gasteiger partial charge on any atom is 0.169 e. The molecular formula is C14H12ClN3O4S. The molecule has 0 spiro atoms. The average molecular weight is 354 g/mol. The second-order valence-electron chi connectivity index (χ2n) is 4.41. The molecule has 9 heteroatoms. The molecule has 0 atom stereocenters. The molecule has 0 unspecified atom stereocenters. The lowest BCUT2D eigenvalue weighted by atomic mass is 10.2. The van der Waals surface area contributed by atoms with Gasteiger partial charge in [-0.05, 0) is 0 Å². The van der Waals surface area contributed by atoms with Crippen LogP contribution in [0.3, 0.4) is 0 Å². The van der Waals surface area contributed by atoms with Crippen molar-refractivity contribution >= 4 is 11.3 Å². The van der Waals surface area contributed by atoms with Crippen molar-refractivity contribution in [3.63, 3.8) is 0 Å². The van der Waals surface area contributed by atoms with Crippen LogP contribution in [0.25, 0.3) is 21.1 Å². The highest BCUT2D eigenvalue weighted by Gasteiger charge is 2.08. The van der Waals surface area contributed by atoms with Gasteiger partial charge in [0.25, 0.3) is 0 Å². The first kappa shape index (κ1) is 17.4. The topological polar surface area (TPSA) is 122 Å². The summed E-state index contributed by atoms with van der Waals surface area (Å²) in [5, 5.41) is 10.4. The van der Waals surface area contributed by atoms with Gasteiger partial charge < -0.3 is 0 Å². The number of halogens is 1. The Bertz CT molecular complexity index is 739. The van der Waals surface area contributed by atoms with Crippen molar-refractivity contribution in [3.8, 4) is 21.1 Å². The number of aromatic nitrogens is 3. The monoisotopic (exact) mass is 353 g/mol. The molecule has 0 aliphatic rings. The number of benzene rings is 1. The summed E-state index contributed by atoms with van der Waals surface area (Å²) in [6.07, 6.45) is 4.03. The van der Waals surface area contributed by atoms with Crippen molar-refractivity contribution in [2.24, 2.45) is 7.05 Å². The molecular weight excluding hydrogens is 342 g/mol. The quantitative estimate of drug-likeness (QED) is 0.488. The molecule has 1 aromatic carbocycles. The summed E-state index contributed by atoms with van der Waals surface area (Å²) < 4.78 is 36.0. The number of hydrogen-bond acceptors (Lipinski definition) is 7. The summed E-state index contributed by atoms with van der Waals surface area (Å²) in [7, 11) is -2.95. The minimum atomic E-state index is -4.94. The Morgan fingerprint density at radius 3 is 1.74 bits per heavy atom.